The Labute approximate surface area is 101 Å². The van der Waals surface area contributed by atoms with Crippen LogP contribution in [-0.2, 0) is 9.98 Å². The summed E-state index contributed by atoms with van der Waals surface area (Å²) >= 11 is 0. The van der Waals surface area contributed by atoms with Crippen LogP contribution in [-0.4, -0.2) is 5.91 Å². The molecular weight excluding hydrogens is 237 g/mol. The van der Waals surface area contributed by atoms with Crippen LogP contribution in [0.4, 0.5) is 0 Å². The van der Waals surface area contributed by atoms with Gasteiger partial charge in [0.05, 0.1) is 0 Å². The Balaban J connectivity index is 2.89. The van der Waals surface area contributed by atoms with E-state index in [9.17, 15) is 9.36 Å². The summed E-state index contributed by atoms with van der Waals surface area (Å²) in [6.45, 7) is 6.24. The standard InChI is InChI=1S/C11H18N3O2P/c1-11(2,3)9-6-4-8(5-7-9)10(15)14-17(12,13)16/h4-7H,1-3H3,(H5,12,13,14,15,16). The van der Waals surface area contributed by atoms with Crippen LogP contribution in [0.3, 0.4) is 0 Å². The molecule has 5 N–H and O–H groups in total. The van der Waals surface area contributed by atoms with E-state index >= 15 is 0 Å². The van der Waals surface area contributed by atoms with Crippen molar-refractivity contribution in [2.45, 2.75) is 26.2 Å². The highest BCUT2D eigenvalue weighted by atomic mass is 31.2. The van der Waals surface area contributed by atoms with Crippen LogP contribution in [0.25, 0.3) is 0 Å². The SMILES string of the molecule is CC(C)(C)c1ccc(C(=O)NP(N)(N)=O)cc1. The van der Waals surface area contributed by atoms with E-state index in [1.54, 1.807) is 12.1 Å². The third kappa shape index (κ3) is 4.30. The van der Waals surface area contributed by atoms with Crippen LogP contribution in [0.15, 0.2) is 24.3 Å². The van der Waals surface area contributed by atoms with Crippen LogP contribution in [0.2, 0.25) is 0 Å². The number of amides is 1. The van der Waals surface area contributed by atoms with Gasteiger partial charge in [0.25, 0.3) is 5.91 Å². The smallest absolute Gasteiger partial charge is 0.279 e. The van der Waals surface area contributed by atoms with Gasteiger partial charge in [0.1, 0.15) is 0 Å². The van der Waals surface area contributed by atoms with Crippen molar-refractivity contribution in [1.82, 2.24) is 5.09 Å². The number of hydrogen-bond donors (Lipinski definition) is 3. The van der Waals surface area contributed by atoms with Gasteiger partial charge >= 0.3 is 7.59 Å². The minimum Gasteiger partial charge on any atom is -0.279 e. The summed E-state index contributed by atoms with van der Waals surface area (Å²) in [5, 5.41) is 2.07. The summed E-state index contributed by atoms with van der Waals surface area (Å²) in [6, 6.07) is 7.02. The van der Waals surface area contributed by atoms with Gasteiger partial charge in [-0.3, -0.25) is 25.5 Å². The molecule has 0 fully saturated rings. The van der Waals surface area contributed by atoms with Crippen LogP contribution < -0.4 is 16.1 Å². The molecule has 0 atom stereocenters. The van der Waals surface area contributed by atoms with Gasteiger partial charge < -0.3 is 0 Å². The third-order valence-corrected chi connectivity index (χ3v) is 2.84. The number of nitrogens with two attached hydrogens (primary N) is 2. The van der Waals surface area contributed by atoms with E-state index in [0.717, 1.165) is 5.56 Å². The van der Waals surface area contributed by atoms with Crippen molar-refractivity contribution in [2.24, 2.45) is 11.0 Å². The molecule has 17 heavy (non-hydrogen) atoms. The fourth-order valence-corrected chi connectivity index (χ4v) is 1.79. The van der Waals surface area contributed by atoms with Gasteiger partial charge in [0, 0.05) is 5.56 Å². The largest absolute Gasteiger partial charge is 0.300 e. The zero-order valence-corrected chi connectivity index (χ0v) is 11.1. The molecule has 1 amide bonds. The molecule has 0 aliphatic rings. The van der Waals surface area contributed by atoms with Gasteiger partial charge in [-0.1, -0.05) is 32.9 Å². The molecule has 0 saturated heterocycles. The van der Waals surface area contributed by atoms with Crippen molar-refractivity contribution in [2.75, 3.05) is 0 Å². The Hall–Kier alpha value is -1.16. The Morgan fingerprint density at radius 3 is 2.00 bits per heavy atom. The van der Waals surface area contributed by atoms with Crippen LogP contribution in [0, 0.1) is 0 Å². The molecule has 1 aromatic rings. The van der Waals surface area contributed by atoms with Crippen LogP contribution in [0.5, 0.6) is 0 Å². The van der Waals surface area contributed by atoms with Gasteiger partial charge in [-0.2, -0.15) is 0 Å². The van der Waals surface area contributed by atoms with E-state index < -0.39 is 13.5 Å². The first kappa shape index (κ1) is 13.9. The average Bonchev–Trinajstić information content (AvgIpc) is 2.14. The summed E-state index contributed by atoms with van der Waals surface area (Å²) in [5.74, 6) is -0.529. The molecule has 5 nitrogen and oxygen atoms in total. The van der Waals surface area contributed by atoms with Gasteiger partial charge in [0.15, 0.2) is 0 Å². The van der Waals surface area contributed by atoms with E-state index in [0.29, 0.717) is 5.56 Å². The van der Waals surface area contributed by atoms with E-state index in [4.69, 9.17) is 11.0 Å². The Morgan fingerprint density at radius 2 is 1.65 bits per heavy atom. The van der Waals surface area contributed by atoms with E-state index in [1.807, 2.05) is 12.1 Å². The molecule has 0 radical (unpaired) electrons. The number of benzene rings is 1. The van der Waals surface area contributed by atoms with E-state index in [1.165, 1.54) is 0 Å². The van der Waals surface area contributed by atoms with Crippen molar-refractivity contribution in [3.05, 3.63) is 35.4 Å². The van der Waals surface area contributed by atoms with E-state index in [2.05, 4.69) is 25.9 Å². The Morgan fingerprint density at radius 1 is 1.18 bits per heavy atom. The molecule has 0 aliphatic carbocycles. The van der Waals surface area contributed by atoms with Crippen LogP contribution >= 0.6 is 7.59 Å². The number of carbonyl (C=O) groups excluding carboxylic acids is 1. The molecular formula is C11H18N3O2P. The Kier molecular flexibility index (Phi) is 3.77. The average molecular weight is 255 g/mol. The molecule has 0 bridgehead atoms. The van der Waals surface area contributed by atoms with E-state index in [-0.39, 0.29) is 5.41 Å². The maximum absolute atomic E-state index is 11.6. The number of nitrogens with one attached hydrogen (secondary N) is 1. The fourth-order valence-electron chi connectivity index (χ4n) is 1.34. The molecule has 0 aliphatic heterocycles. The molecule has 1 rings (SSSR count). The summed E-state index contributed by atoms with van der Waals surface area (Å²) in [7, 11) is -3.53. The maximum atomic E-state index is 11.6. The lowest BCUT2D eigenvalue weighted by Crippen LogP contribution is -2.28. The quantitative estimate of drug-likeness (QED) is 0.701. The van der Waals surface area contributed by atoms with Gasteiger partial charge in [-0.05, 0) is 23.1 Å². The van der Waals surface area contributed by atoms with Crippen molar-refractivity contribution >= 4 is 13.5 Å². The lowest BCUT2D eigenvalue weighted by atomic mass is 9.87. The highest BCUT2D eigenvalue weighted by Gasteiger charge is 2.17. The van der Waals surface area contributed by atoms with Crippen LogP contribution in [0.1, 0.15) is 36.7 Å². The van der Waals surface area contributed by atoms with Crippen molar-refractivity contribution in [1.29, 1.82) is 0 Å². The van der Waals surface area contributed by atoms with Gasteiger partial charge in [0.2, 0.25) is 0 Å². The molecule has 94 valence electrons. The second kappa shape index (κ2) is 4.61. The van der Waals surface area contributed by atoms with Crippen molar-refractivity contribution in [3.63, 3.8) is 0 Å². The number of carbonyl (C=O) groups is 1. The zero-order chi connectivity index (χ0) is 13.3. The normalized spacial score (nSPS) is 12.3. The lowest BCUT2D eigenvalue weighted by Gasteiger charge is -2.19. The second-order valence-electron chi connectivity index (χ2n) is 4.98. The predicted molar refractivity (Wildman–Crippen MR) is 68.6 cm³/mol. The zero-order valence-electron chi connectivity index (χ0n) is 10.2. The van der Waals surface area contributed by atoms with Crippen molar-refractivity contribution in [3.8, 4) is 0 Å². The summed E-state index contributed by atoms with van der Waals surface area (Å²) in [6.07, 6.45) is 0. The maximum Gasteiger partial charge on any atom is 0.300 e. The number of hydrogen-bond acceptors (Lipinski definition) is 2. The summed E-state index contributed by atoms with van der Waals surface area (Å²) in [5.41, 5.74) is 11.7. The molecule has 0 saturated carbocycles. The molecule has 0 unspecified atom stereocenters. The second-order valence-corrected chi connectivity index (χ2v) is 6.62. The number of rotatable bonds is 2. The topological polar surface area (TPSA) is 98.2 Å². The summed E-state index contributed by atoms with van der Waals surface area (Å²) < 4.78 is 11.0. The first-order valence-electron chi connectivity index (χ1n) is 5.20. The molecule has 6 heteroatoms. The monoisotopic (exact) mass is 255 g/mol. The first-order valence-corrected chi connectivity index (χ1v) is 7.04. The van der Waals surface area contributed by atoms with Gasteiger partial charge in [-0.15, -0.1) is 0 Å². The molecule has 0 aromatic heterocycles. The minimum absolute atomic E-state index is 0.0199. The summed E-state index contributed by atoms with van der Waals surface area (Å²) in [4.78, 5) is 11.6. The fraction of sp³-hybridized carbons (Fsp3) is 0.364. The highest BCUT2D eigenvalue weighted by molar-refractivity contribution is 7.57. The first-order chi connectivity index (χ1) is 7.59. The molecule has 1 aromatic carbocycles. The predicted octanol–water partition coefficient (Wildman–Crippen LogP) is 1.74. The Bertz CT molecular complexity index is 457. The highest BCUT2D eigenvalue weighted by Crippen LogP contribution is 2.23. The lowest BCUT2D eigenvalue weighted by molar-refractivity contribution is 0.0980. The molecule has 0 spiro atoms. The van der Waals surface area contributed by atoms with Gasteiger partial charge in [-0.25, -0.2) is 0 Å². The molecule has 0 heterocycles. The van der Waals surface area contributed by atoms with Crippen molar-refractivity contribution < 1.29 is 9.36 Å². The third-order valence-electron chi connectivity index (χ3n) is 2.29. The minimum atomic E-state index is -3.53.